The van der Waals surface area contributed by atoms with Gasteiger partial charge >= 0.3 is 11.9 Å². The van der Waals surface area contributed by atoms with Gasteiger partial charge in [0.2, 0.25) is 0 Å². The number of aryl methyl sites for hydroxylation is 1. The molecule has 0 aliphatic carbocycles. The van der Waals surface area contributed by atoms with E-state index in [0.29, 0.717) is 21.3 Å². The van der Waals surface area contributed by atoms with Crippen LogP contribution in [0.2, 0.25) is 0 Å². The number of carboxylic acids is 1. The van der Waals surface area contributed by atoms with Gasteiger partial charge in [-0.15, -0.1) is 11.3 Å². The molecule has 0 bridgehead atoms. The van der Waals surface area contributed by atoms with Crippen molar-refractivity contribution in [2.45, 2.75) is 20.4 Å². The van der Waals surface area contributed by atoms with Crippen LogP contribution in [0.3, 0.4) is 0 Å². The molecule has 1 aromatic carbocycles. The molecule has 0 fully saturated rings. The highest BCUT2D eigenvalue weighted by Crippen LogP contribution is 2.26. The van der Waals surface area contributed by atoms with E-state index < -0.39 is 11.9 Å². The Labute approximate surface area is 152 Å². The molecule has 0 saturated carbocycles. The van der Waals surface area contributed by atoms with Crippen molar-refractivity contribution >= 4 is 33.5 Å². The maximum atomic E-state index is 12.8. The van der Waals surface area contributed by atoms with Gasteiger partial charge in [-0.2, -0.15) is 0 Å². The Morgan fingerprint density at radius 3 is 2.81 bits per heavy atom. The Morgan fingerprint density at radius 1 is 1.35 bits per heavy atom. The van der Waals surface area contributed by atoms with E-state index in [1.807, 2.05) is 0 Å². The summed E-state index contributed by atoms with van der Waals surface area (Å²) < 4.78 is 6.38. The highest BCUT2D eigenvalue weighted by Gasteiger charge is 2.18. The highest BCUT2D eigenvalue weighted by atomic mass is 32.1. The summed E-state index contributed by atoms with van der Waals surface area (Å²) in [6.45, 7) is 3.84. The van der Waals surface area contributed by atoms with Gasteiger partial charge in [0.1, 0.15) is 9.71 Å². The normalized spacial score (nSPS) is 10.8. The lowest BCUT2D eigenvalue weighted by Crippen LogP contribution is -2.21. The van der Waals surface area contributed by atoms with Crippen molar-refractivity contribution in [1.82, 2.24) is 9.55 Å². The SMILES string of the molecule is CCOC(=O)c1cccc(Cn2cnc3sc(C(=O)O)c(C)c3c2=O)c1. The number of fused-ring (bicyclic) bond motifs is 1. The predicted molar refractivity (Wildman–Crippen MR) is 97.1 cm³/mol. The second-order valence-corrected chi connectivity index (χ2v) is 6.64. The van der Waals surface area contributed by atoms with Gasteiger partial charge < -0.3 is 9.84 Å². The molecular weight excluding hydrogens is 356 g/mol. The first kappa shape index (κ1) is 17.8. The number of thiophene rings is 1. The first-order valence-corrected chi connectivity index (χ1v) is 8.72. The van der Waals surface area contributed by atoms with Crippen LogP contribution in [-0.4, -0.2) is 33.2 Å². The monoisotopic (exact) mass is 372 g/mol. The van der Waals surface area contributed by atoms with Crippen LogP contribution >= 0.6 is 11.3 Å². The minimum absolute atomic E-state index is 0.117. The summed E-state index contributed by atoms with van der Waals surface area (Å²) in [6, 6.07) is 6.82. The lowest BCUT2D eigenvalue weighted by molar-refractivity contribution is 0.0525. The average Bonchev–Trinajstić information content (AvgIpc) is 2.95. The van der Waals surface area contributed by atoms with Crippen molar-refractivity contribution in [3.63, 3.8) is 0 Å². The molecule has 3 rings (SSSR count). The van der Waals surface area contributed by atoms with E-state index in [-0.39, 0.29) is 23.6 Å². The number of hydrogen-bond donors (Lipinski definition) is 1. The zero-order valence-electron chi connectivity index (χ0n) is 14.2. The van der Waals surface area contributed by atoms with E-state index >= 15 is 0 Å². The van der Waals surface area contributed by atoms with Gasteiger partial charge in [-0.25, -0.2) is 14.6 Å². The largest absolute Gasteiger partial charge is 0.477 e. The zero-order chi connectivity index (χ0) is 18.8. The first-order chi connectivity index (χ1) is 12.4. The molecule has 134 valence electrons. The van der Waals surface area contributed by atoms with E-state index in [9.17, 15) is 19.5 Å². The molecular formula is C18H16N2O5S. The Kier molecular flexibility index (Phi) is 4.85. The molecule has 0 saturated heterocycles. The van der Waals surface area contributed by atoms with Crippen LogP contribution < -0.4 is 5.56 Å². The predicted octanol–water partition coefficient (Wildman–Crippen LogP) is 2.69. The van der Waals surface area contributed by atoms with Crippen molar-refractivity contribution in [1.29, 1.82) is 0 Å². The third-order valence-electron chi connectivity index (χ3n) is 3.90. The van der Waals surface area contributed by atoms with Crippen LogP contribution in [-0.2, 0) is 11.3 Å². The summed E-state index contributed by atoms with van der Waals surface area (Å²) in [6.07, 6.45) is 1.39. The molecule has 26 heavy (non-hydrogen) atoms. The number of nitrogens with zero attached hydrogens (tertiary/aromatic N) is 2. The molecule has 0 atom stereocenters. The smallest absolute Gasteiger partial charge is 0.346 e. The summed E-state index contributed by atoms with van der Waals surface area (Å²) in [5, 5.41) is 9.53. The summed E-state index contributed by atoms with van der Waals surface area (Å²) in [5.74, 6) is -1.49. The maximum absolute atomic E-state index is 12.8. The van der Waals surface area contributed by atoms with Crippen LogP contribution in [0.15, 0.2) is 35.4 Å². The van der Waals surface area contributed by atoms with E-state index in [1.165, 1.54) is 10.9 Å². The van der Waals surface area contributed by atoms with E-state index in [0.717, 1.165) is 16.9 Å². The Hall–Kier alpha value is -3.00. The summed E-state index contributed by atoms with van der Waals surface area (Å²) in [4.78, 5) is 40.6. The summed E-state index contributed by atoms with van der Waals surface area (Å²) in [5.41, 5.74) is 1.26. The van der Waals surface area contributed by atoms with Crippen molar-refractivity contribution in [2.24, 2.45) is 0 Å². The van der Waals surface area contributed by atoms with Gasteiger partial charge in [0.05, 0.1) is 30.4 Å². The van der Waals surface area contributed by atoms with Crippen LogP contribution in [0.5, 0.6) is 0 Å². The molecule has 8 heteroatoms. The number of hydrogen-bond acceptors (Lipinski definition) is 6. The molecule has 0 amide bonds. The minimum Gasteiger partial charge on any atom is -0.477 e. The van der Waals surface area contributed by atoms with Crippen LogP contribution in [0.25, 0.3) is 10.2 Å². The number of carbonyl (C=O) groups is 2. The van der Waals surface area contributed by atoms with Crippen LogP contribution in [0.1, 0.15) is 38.1 Å². The standard InChI is InChI=1S/C18H16N2O5S/c1-3-25-18(24)12-6-4-5-11(7-12)8-20-9-19-15-13(16(20)21)10(2)14(26-15)17(22)23/h4-7,9H,3,8H2,1-2H3,(H,22,23). The molecule has 2 heterocycles. The molecule has 1 N–H and O–H groups in total. The molecule has 0 spiro atoms. The fourth-order valence-electron chi connectivity index (χ4n) is 2.68. The third-order valence-corrected chi connectivity index (χ3v) is 5.09. The van der Waals surface area contributed by atoms with Crippen molar-refractivity contribution in [3.05, 3.63) is 62.5 Å². The van der Waals surface area contributed by atoms with E-state index in [4.69, 9.17) is 4.74 Å². The number of aromatic carboxylic acids is 1. The molecule has 0 aliphatic rings. The van der Waals surface area contributed by atoms with E-state index in [2.05, 4.69) is 4.98 Å². The van der Waals surface area contributed by atoms with Gasteiger partial charge in [-0.3, -0.25) is 9.36 Å². The van der Waals surface area contributed by atoms with E-state index in [1.54, 1.807) is 38.1 Å². The second kappa shape index (κ2) is 7.09. The van der Waals surface area contributed by atoms with Gasteiger partial charge in [-0.1, -0.05) is 12.1 Å². The first-order valence-electron chi connectivity index (χ1n) is 7.90. The maximum Gasteiger partial charge on any atom is 0.346 e. The molecule has 7 nitrogen and oxygen atoms in total. The lowest BCUT2D eigenvalue weighted by atomic mass is 10.1. The van der Waals surface area contributed by atoms with Gasteiger partial charge in [-0.05, 0) is 37.1 Å². The van der Waals surface area contributed by atoms with Crippen molar-refractivity contribution in [3.8, 4) is 0 Å². The number of ether oxygens (including phenoxy) is 1. The van der Waals surface area contributed by atoms with Crippen molar-refractivity contribution in [2.75, 3.05) is 6.61 Å². The van der Waals surface area contributed by atoms with Gasteiger partial charge in [0.15, 0.2) is 0 Å². The lowest BCUT2D eigenvalue weighted by Gasteiger charge is -2.08. The van der Waals surface area contributed by atoms with Gasteiger partial charge in [0.25, 0.3) is 5.56 Å². The summed E-state index contributed by atoms with van der Waals surface area (Å²) in [7, 11) is 0. The minimum atomic E-state index is -1.07. The molecule has 0 unspecified atom stereocenters. The fourth-order valence-corrected chi connectivity index (χ4v) is 3.66. The second-order valence-electron chi connectivity index (χ2n) is 5.64. The number of carboxylic acid groups (broad SMARTS) is 1. The zero-order valence-corrected chi connectivity index (χ0v) is 15.0. The molecule has 2 aromatic heterocycles. The summed E-state index contributed by atoms with van der Waals surface area (Å²) >= 11 is 0.988. The number of benzene rings is 1. The number of aromatic nitrogens is 2. The molecule has 3 aromatic rings. The Balaban J connectivity index is 2.00. The third kappa shape index (κ3) is 3.23. The quantitative estimate of drug-likeness (QED) is 0.692. The van der Waals surface area contributed by atoms with Crippen molar-refractivity contribution < 1.29 is 19.4 Å². The van der Waals surface area contributed by atoms with Crippen LogP contribution in [0, 0.1) is 6.92 Å². The highest BCUT2D eigenvalue weighted by molar-refractivity contribution is 7.20. The molecule has 0 radical (unpaired) electrons. The average molecular weight is 372 g/mol. The Bertz CT molecular complexity index is 1070. The number of esters is 1. The topological polar surface area (TPSA) is 98.5 Å². The number of rotatable bonds is 5. The van der Waals surface area contributed by atoms with Crippen LogP contribution in [0.4, 0.5) is 0 Å². The van der Waals surface area contributed by atoms with Gasteiger partial charge in [0, 0.05) is 0 Å². The Morgan fingerprint density at radius 2 is 2.12 bits per heavy atom. The number of carbonyl (C=O) groups excluding carboxylic acids is 1. The molecule has 0 aliphatic heterocycles. The fraction of sp³-hybridized carbons (Fsp3) is 0.222.